The molecular formula is C18H10FeN4+2. The molecule has 2 rings (SSSR count). The zero-order valence-corrected chi connectivity index (χ0v) is 13.0. The number of rotatable bonds is 2. The van der Waals surface area contributed by atoms with Crippen LogP contribution in [0.5, 0.6) is 0 Å². The molecule has 0 aromatic rings. The Labute approximate surface area is 149 Å². The van der Waals surface area contributed by atoms with Gasteiger partial charge in [0.15, 0.2) is 0 Å². The van der Waals surface area contributed by atoms with E-state index in [0.717, 1.165) is 11.8 Å². The van der Waals surface area contributed by atoms with Gasteiger partial charge in [0.25, 0.3) is 0 Å². The van der Waals surface area contributed by atoms with Crippen LogP contribution in [0.4, 0.5) is 0 Å². The number of hydrogen-bond donors (Lipinski definition) is 0. The van der Waals surface area contributed by atoms with Gasteiger partial charge in [0.05, 0.1) is 0 Å². The summed E-state index contributed by atoms with van der Waals surface area (Å²) < 4.78 is 0. The van der Waals surface area contributed by atoms with Gasteiger partial charge < -0.3 is 0 Å². The van der Waals surface area contributed by atoms with E-state index in [0.29, 0.717) is 0 Å². The maximum Gasteiger partial charge on any atom is 2.00 e. The number of hydrogen-bond acceptors (Lipinski definition) is 4. The van der Waals surface area contributed by atoms with Gasteiger partial charge in [0.2, 0.25) is 0 Å². The summed E-state index contributed by atoms with van der Waals surface area (Å²) in [6, 6.07) is 7.16. The molecule has 108 valence electrons. The van der Waals surface area contributed by atoms with Gasteiger partial charge in [0.1, 0.15) is 35.4 Å². The van der Waals surface area contributed by atoms with Crippen molar-refractivity contribution in [3.8, 4) is 24.3 Å². The Morgan fingerprint density at radius 2 is 0.870 bits per heavy atom. The van der Waals surface area contributed by atoms with Crippen LogP contribution in [-0.2, 0) is 17.1 Å². The molecule has 10 radical (unpaired) electrons. The maximum atomic E-state index is 8.38. The summed E-state index contributed by atoms with van der Waals surface area (Å²) >= 11 is 0. The average molecular weight is 338 g/mol. The number of nitriles is 4. The van der Waals surface area contributed by atoms with Crippen LogP contribution in [0.3, 0.4) is 0 Å². The van der Waals surface area contributed by atoms with Crippen molar-refractivity contribution in [3.05, 3.63) is 86.5 Å². The SMILES string of the molecule is N#CC(C#N)=C[C]1[CH][CH][CH][CH]1.N#CC(C#N)=C[C]1[CH][CH][CH][CH]1.[Fe+2]. The van der Waals surface area contributed by atoms with Gasteiger partial charge in [0, 0.05) is 11.8 Å². The molecule has 4 nitrogen and oxygen atoms in total. The predicted octanol–water partition coefficient (Wildman–Crippen LogP) is 2.73. The summed E-state index contributed by atoms with van der Waals surface area (Å²) in [4.78, 5) is 0. The molecule has 0 heterocycles. The fraction of sp³-hybridized carbons (Fsp3) is 0. The van der Waals surface area contributed by atoms with Crippen molar-refractivity contribution >= 4 is 0 Å². The van der Waals surface area contributed by atoms with E-state index < -0.39 is 0 Å². The molecule has 23 heavy (non-hydrogen) atoms. The van der Waals surface area contributed by atoms with Crippen LogP contribution >= 0.6 is 0 Å². The monoisotopic (exact) mass is 338 g/mol. The minimum Gasteiger partial charge on any atom is -0.192 e. The first-order valence-corrected chi connectivity index (χ1v) is 6.20. The third kappa shape index (κ3) is 8.24. The summed E-state index contributed by atoms with van der Waals surface area (Å²) in [7, 11) is 0. The molecule has 2 fully saturated rings. The van der Waals surface area contributed by atoms with Crippen LogP contribution in [0.15, 0.2) is 23.3 Å². The molecule has 5 heteroatoms. The number of nitrogens with zero attached hydrogens (tertiary/aromatic N) is 4. The van der Waals surface area contributed by atoms with Crippen molar-refractivity contribution in [2.45, 2.75) is 0 Å². The Morgan fingerprint density at radius 1 is 0.609 bits per heavy atom. The maximum absolute atomic E-state index is 8.38. The van der Waals surface area contributed by atoms with Crippen molar-refractivity contribution in [1.82, 2.24) is 0 Å². The molecule has 0 spiro atoms. The molecule has 0 atom stereocenters. The van der Waals surface area contributed by atoms with Crippen molar-refractivity contribution < 1.29 is 17.1 Å². The van der Waals surface area contributed by atoms with Crippen LogP contribution < -0.4 is 0 Å². The van der Waals surface area contributed by atoms with E-state index in [9.17, 15) is 0 Å². The van der Waals surface area contributed by atoms with E-state index in [1.165, 1.54) is 0 Å². The van der Waals surface area contributed by atoms with Gasteiger partial charge in [-0.2, -0.15) is 21.0 Å². The second-order valence-corrected chi connectivity index (χ2v) is 4.00. The zero-order valence-electron chi connectivity index (χ0n) is 11.9. The van der Waals surface area contributed by atoms with Crippen LogP contribution in [0, 0.1) is 109 Å². The second-order valence-electron chi connectivity index (χ2n) is 4.00. The Morgan fingerprint density at radius 3 is 1.09 bits per heavy atom. The Balaban J connectivity index is 0.000000403. The van der Waals surface area contributed by atoms with Gasteiger partial charge in [-0.15, -0.1) is 0 Å². The largest absolute Gasteiger partial charge is 2.00 e. The van der Waals surface area contributed by atoms with Crippen LogP contribution in [0.1, 0.15) is 0 Å². The first-order valence-electron chi connectivity index (χ1n) is 6.20. The predicted molar refractivity (Wildman–Crippen MR) is 79.5 cm³/mol. The van der Waals surface area contributed by atoms with Gasteiger partial charge in [-0.05, 0) is 63.5 Å². The summed E-state index contributed by atoms with van der Waals surface area (Å²) in [6.45, 7) is 0. The number of allylic oxidation sites excluding steroid dienone is 4. The second kappa shape index (κ2) is 12.5. The Bertz CT molecular complexity index is 494. The quantitative estimate of drug-likeness (QED) is 0.571. The molecule has 0 bridgehead atoms. The zero-order chi connectivity index (χ0) is 16.2. The molecule has 0 saturated heterocycles. The van der Waals surface area contributed by atoms with Crippen LogP contribution in [0.25, 0.3) is 0 Å². The standard InChI is InChI=1S/2C9H5N2.Fe/c2*10-6-9(7-11)5-8-3-1-2-4-8;/h2*1-5H;/q;;+2. The summed E-state index contributed by atoms with van der Waals surface area (Å²) in [5.74, 6) is 1.78. The van der Waals surface area contributed by atoms with E-state index in [1.807, 2.05) is 51.4 Å². The van der Waals surface area contributed by atoms with Gasteiger partial charge in [-0.1, -0.05) is 0 Å². The molecule has 0 aromatic heterocycles. The molecule has 0 aromatic carbocycles. The molecule has 0 unspecified atom stereocenters. The molecular weight excluding hydrogens is 328 g/mol. The van der Waals surface area contributed by atoms with E-state index in [2.05, 4.69) is 0 Å². The minimum absolute atomic E-state index is 0. The Hall–Kier alpha value is -2.04. The summed E-state index contributed by atoms with van der Waals surface area (Å²) in [5, 5.41) is 33.5. The first kappa shape index (κ1) is 21.0. The summed E-state index contributed by atoms with van der Waals surface area (Å²) in [6.07, 6.45) is 17.9. The molecule has 0 aliphatic heterocycles. The molecule has 2 aliphatic rings. The van der Waals surface area contributed by atoms with Crippen molar-refractivity contribution in [2.24, 2.45) is 0 Å². The molecule has 0 N–H and O–H groups in total. The third-order valence-electron chi connectivity index (χ3n) is 2.48. The smallest absolute Gasteiger partial charge is 0.192 e. The Kier molecular flexibility index (Phi) is 11.4. The third-order valence-corrected chi connectivity index (χ3v) is 2.48. The minimum atomic E-state index is 0. The van der Waals surface area contributed by atoms with Gasteiger partial charge in [-0.3, -0.25) is 0 Å². The van der Waals surface area contributed by atoms with Crippen molar-refractivity contribution in [3.63, 3.8) is 0 Å². The van der Waals surface area contributed by atoms with Crippen molar-refractivity contribution in [1.29, 1.82) is 21.0 Å². The van der Waals surface area contributed by atoms with Gasteiger partial charge in [-0.25, -0.2) is 0 Å². The van der Waals surface area contributed by atoms with Gasteiger partial charge >= 0.3 is 17.1 Å². The summed E-state index contributed by atoms with van der Waals surface area (Å²) in [5.41, 5.74) is 0.271. The molecule has 2 aliphatic carbocycles. The van der Waals surface area contributed by atoms with Crippen LogP contribution in [-0.4, -0.2) is 0 Å². The molecule has 2 saturated carbocycles. The van der Waals surface area contributed by atoms with E-state index in [-0.39, 0.29) is 28.2 Å². The van der Waals surface area contributed by atoms with Crippen molar-refractivity contribution in [2.75, 3.05) is 0 Å². The van der Waals surface area contributed by atoms with E-state index in [4.69, 9.17) is 21.0 Å². The normalized spacial score (nSPS) is 16.2. The van der Waals surface area contributed by atoms with Crippen LogP contribution in [0.2, 0.25) is 0 Å². The average Bonchev–Trinajstić information content (AvgIpc) is 3.24. The fourth-order valence-electron chi connectivity index (χ4n) is 1.48. The van der Waals surface area contributed by atoms with E-state index >= 15 is 0 Å². The first-order chi connectivity index (χ1) is 10.7. The topological polar surface area (TPSA) is 95.2 Å². The molecule has 0 amide bonds. The fourth-order valence-corrected chi connectivity index (χ4v) is 1.48. The van der Waals surface area contributed by atoms with E-state index in [1.54, 1.807) is 36.4 Å².